The molecule has 1 spiro atoms. The number of nitrogens with zero attached hydrogens (tertiary/aromatic N) is 1. The van der Waals surface area contributed by atoms with Crippen LogP contribution in [0.15, 0.2) is 48.5 Å². The van der Waals surface area contributed by atoms with Crippen LogP contribution in [0.5, 0.6) is 11.5 Å². The highest BCUT2D eigenvalue weighted by Crippen LogP contribution is 2.45. The molecule has 0 unspecified atom stereocenters. The summed E-state index contributed by atoms with van der Waals surface area (Å²) >= 11 is 0. The predicted molar refractivity (Wildman–Crippen MR) is 104 cm³/mol. The van der Waals surface area contributed by atoms with Gasteiger partial charge in [-0.2, -0.15) is 0 Å². The van der Waals surface area contributed by atoms with Crippen LogP contribution in [0.4, 0.5) is 0 Å². The molecule has 0 atom stereocenters. The van der Waals surface area contributed by atoms with Gasteiger partial charge in [-0.1, -0.05) is 30.3 Å². The van der Waals surface area contributed by atoms with Crippen molar-refractivity contribution in [3.05, 3.63) is 65.2 Å². The molecule has 2 aromatic carbocycles. The molecule has 1 saturated heterocycles. The van der Waals surface area contributed by atoms with Crippen LogP contribution in [-0.4, -0.2) is 36.0 Å². The third kappa shape index (κ3) is 3.04. The number of rotatable bonds is 2. The fraction of sp³-hybridized carbons (Fsp3) is 0.348. The Labute approximate surface area is 159 Å². The maximum Gasteiger partial charge on any atom is 0.170 e. The summed E-state index contributed by atoms with van der Waals surface area (Å²) < 4.78 is 12.2. The van der Waals surface area contributed by atoms with Crippen molar-refractivity contribution >= 4 is 11.9 Å². The molecule has 0 aromatic heterocycles. The van der Waals surface area contributed by atoms with Crippen molar-refractivity contribution in [2.45, 2.75) is 31.4 Å². The normalized spacial score (nSPS) is 20.5. The average Bonchev–Trinajstić information content (AvgIpc) is 2.71. The molecule has 3 heterocycles. The Kier molecular flexibility index (Phi) is 4.01. The number of likely N-dealkylation sites (tertiary alicyclic amines) is 1. The highest BCUT2D eigenvalue weighted by molar-refractivity contribution is 6.02. The zero-order valence-electron chi connectivity index (χ0n) is 15.3. The summed E-state index contributed by atoms with van der Waals surface area (Å²) in [6.07, 6.45) is 6.22. The lowest BCUT2D eigenvalue weighted by molar-refractivity contribution is -0.0110. The number of hydrogen-bond donors (Lipinski definition) is 0. The van der Waals surface area contributed by atoms with E-state index in [9.17, 15) is 4.79 Å². The van der Waals surface area contributed by atoms with E-state index in [1.807, 2.05) is 30.4 Å². The number of Topliss-reactive ketones (excluding diaryl/α,β-unsaturated/α-hetero) is 1. The van der Waals surface area contributed by atoms with Gasteiger partial charge in [0.25, 0.3) is 0 Å². The third-order valence-corrected chi connectivity index (χ3v) is 5.89. The summed E-state index contributed by atoms with van der Waals surface area (Å²) in [4.78, 5) is 15.3. The van der Waals surface area contributed by atoms with Crippen LogP contribution < -0.4 is 9.47 Å². The average molecular weight is 361 g/mol. The van der Waals surface area contributed by atoms with Crippen LogP contribution in [0.3, 0.4) is 0 Å². The minimum Gasteiger partial charge on any atom is -0.489 e. The molecule has 1 fully saturated rings. The number of hydrogen-bond acceptors (Lipinski definition) is 4. The zero-order chi connectivity index (χ0) is 18.3. The fourth-order valence-corrected chi connectivity index (χ4v) is 4.38. The van der Waals surface area contributed by atoms with E-state index in [1.54, 1.807) is 0 Å². The van der Waals surface area contributed by atoms with Gasteiger partial charge in [0.05, 0.1) is 17.5 Å². The molecule has 5 rings (SSSR count). The second-order valence-electron chi connectivity index (χ2n) is 7.71. The summed E-state index contributed by atoms with van der Waals surface area (Å²) in [5.74, 6) is 1.72. The summed E-state index contributed by atoms with van der Waals surface area (Å²) in [6.45, 7) is 3.41. The van der Waals surface area contributed by atoms with Gasteiger partial charge in [0.2, 0.25) is 0 Å². The van der Waals surface area contributed by atoms with Crippen molar-refractivity contribution < 1.29 is 14.3 Å². The number of benzene rings is 2. The van der Waals surface area contributed by atoms with E-state index >= 15 is 0 Å². The number of carbonyl (C=O) groups is 1. The molecular weight excluding hydrogens is 338 g/mol. The molecule has 3 aliphatic rings. The molecule has 2 aromatic rings. The monoisotopic (exact) mass is 361 g/mol. The van der Waals surface area contributed by atoms with Crippen LogP contribution in [-0.2, 0) is 6.54 Å². The zero-order valence-corrected chi connectivity index (χ0v) is 15.3. The summed E-state index contributed by atoms with van der Waals surface area (Å²) in [6, 6.07) is 14.3. The quantitative estimate of drug-likeness (QED) is 0.808. The van der Waals surface area contributed by atoms with Crippen molar-refractivity contribution in [1.82, 2.24) is 4.90 Å². The first kappa shape index (κ1) is 16.6. The molecule has 27 heavy (non-hydrogen) atoms. The molecular formula is C23H23NO3. The molecule has 138 valence electrons. The maximum absolute atomic E-state index is 12.9. The molecule has 0 amide bonds. The Morgan fingerprint density at radius 3 is 2.67 bits per heavy atom. The molecule has 0 N–H and O–H groups in total. The SMILES string of the molecule is O=C1CC2(CCN(Cc3ccccc3)CC2)Oc2c1ccc1c2C=CCO1. The number of ether oxygens (including phenoxy) is 2. The van der Waals surface area contributed by atoms with Crippen molar-refractivity contribution in [1.29, 1.82) is 0 Å². The van der Waals surface area contributed by atoms with Crippen molar-refractivity contribution in [2.75, 3.05) is 19.7 Å². The summed E-state index contributed by atoms with van der Waals surface area (Å²) in [7, 11) is 0. The smallest absolute Gasteiger partial charge is 0.170 e. The molecule has 0 saturated carbocycles. The van der Waals surface area contributed by atoms with Gasteiger partial charge in [0.1, 0.15) is 23.7 Å². The van der Waals surface area contributed by atoms with E-state index in [4.69, 9.17) is 9.47 Å². The Balaban J connectivity index is 1.36. The van der Waals surface area contributed by atoms with Crippen LogP contribution in [0.25, 0.3) is 6.08 Å². The largest absolute Gasteiger partial charge is 0.489 e. The van der Waals surface area contributed by atoms with Gasteiger partial charge in [-0.15, -0.1) is 0 Å². The summed E-state index contributed by atoms with van der Waals surface area (Å²) in [5, 5.41) is 0. The van der Waals surface area contributed by atoms with Crippen molar-refractivity contribution in [3.63, 3.8) is 0 Å². The predicted octanol–water partition coefficient (Wildman–Crippen LogP) is 4.09. The molecule has 0 bridgehead atoms. The van der Waals surface area contributed by atoms with E-state index in [-0.39, 0.29) is 11.4 Å². The Hall–Kier alpha value is -2.59. The van der Waals surface area contributed by atoms with Crippen LogP contribution >= 0.6 is 0 Å². The maximum atomic E-state index is 12.9. The number of carbonyl (C=O) groups excluding carboxylic acids is 1. The van der Waals surface area contributed by atoms with Gasteiger partial charge in [-0.25, -0.2) is 0 Å². The van der Waals surface area contributed by atoms with E-state index in [2.05, 4.69) is 29.2 Å². The molecule has 0 aliphatic carbocycles. The number of piperidine rings is 1. The van der Waals surface area contributed by atoms with Gasteiger partial charge in [-0.05, 0) is 29.8 Å². The first-order chi connectivity index (χ1) is 13.2. The minimum absolute atomic E-state index is 0.189. The van der Waals surface area contributed by atoms with E-state index in [0.29, 0.717) is 18.6 Å². The second-order valence-corrected chi connectivity index (χ2v) is 7.71. The lowest BCUT2D eigenvalue weighted by Gasteiger charge is -2.44. The van der Waals surface area contributed by atoms with E-state index in [0.717, 1.165) is 49.5 Å². The van der Waals surface area contributed by atoms with Gasteiger partial charge >= 0.3 is 0 Å². The number of ketones is 1. The minimum atomic E-state index is -0.377. The molecule has 4 nitrogen and oxygen atoms in total. The van der Waals surface area contributed by atoms with Crippen LogP contribution in [0.2, 0.25) is 0 Å². The highest BCUT2D eigenvalue weighted by atomic mass is 16.5. The molecule has 3 aliphatic heterocycles. The fourth-order valence-electron chi connectivity index (χ4n) is 4.38. The Morgan fingerprint density at radius 2 is 1.85 bits per heavy atom. The third-order valence-electron chi connectivity index (χ3n) is 5.89. The second kappa shape index (κ2) is 6.54. The van der Waals surface area contributed by atoms with E-state index in [1.165, 1.54) is 5.56 Å². The van der Waals surface area contributed by atoms with Gasteiger partial charge in [0, 0.05) is 32.5 Å². The van der Waals surface area contributed by atoms with Crippen molar-refractivity contribution in [2.24, 2.45) is 0 Å². The lowest BCUT2D eigenvalue weighted by atomic mass is 9.81. The topological polar surface area (TPSA) is 38.8 Å². The molecule has 4 heteroatoms. The van der Waals surface area contributed by atoms with Gasteiger partial charge in [-0.3, -0.25) is 9.69 Å². The van der Waals surface area contributed by atoms with Crippen LogP contribution in [0.1, 0.15) is 40.7 Å². The highest BCUT2D eigenvalue weighted by Gasteiger charge is 2.44. The van der Waals surface area contributed by atoms with Crippen molar-refractivity contribution in [3.8, 4) is 11.5 Å². The van der Waals surface area contributed by atoms with Gasteiger partial charge in [0.15, 0.2) is 5.78 Å². The Morgan fingerprint density at radius 1 is 1.04 bits per heavy atom. The summed E-state index contributed by atoms with van der Waals surface area (Å²) in [5.41, 5.74) is 2.56. The first-order valence-corrected chi connectivity index (χ1v) is 9.67. The van der Waals surface area contributed by atoms with Crippen LogP contribution in [0, 0.1) is 0 Å². The van der Waals surface area contributed by atoms with E-state index < -0.39 is 0 Å². The first-order valence-electron chi connectivity index (χ1n) is 9.67. The van der Waals surface area contributed by atoms with Gasteiger partial charge < -0.3 is 9.47 Å². The standard InChI is InChI=1S/C23H23NO3/c25-20-15-23(10-12-24(13-11-23)16-17-5-2-1-3-6-17)27-22-18(20)8-9-21-19(22)7-4-14-26-21/h1-9H,10-16H2. The Bertz CT molecular complexity index is 895. The number of fused-ring (bicyclic) bond motifs is 3. The molecule has 0 radical (unpaired) electrons. The lowest BCUT2D eigenvalue weighted by Crippen LogP contribution is -2.50.